The van der Waals surface area contributed by atoms with Gasteiger partial charge in [0.2, 0.25) is 5.91 Å². The molecule has 0 N–H and O–H groups in total. The molecule has 0 aromatic rings. The second-order valence-electron chi connectivity index (χ2n) is 6.29. The summed E-state index contributed by atoms with van der Waals surface area (Å²) in [5.41, 5.74) is 0. The van der Waals surface area contributed by atoms with Crippen LogP contribution in [-0.2, 0) is 19.1 Å². The Morgan fingerprint density at radius 3 is 2.59 bits per heavy atom. The number of amides is 1. The van der Waals surface area contributed by atoms with E-state index in [1.54, 1.807) is 0 Å². The lowest BCUT2D eigenvalue weighted by Gasteiger charge is -2.29. The summed E-state index contributed by atoms with van der Waals surface area (Å²) in [6.07, 6.45) is 2.92. The minimum atomic E-state index is -0.268. The highest BCUT2D eigenvalue weighted by molar-refractivity contribution is 5.82. The number of esters is 1. The van der Waals surface area contributed by atoms with E-state index in [1.165, 1.54) is 7.11 Å². The van der Waals surface area contributed by atoms with Crippen LogP contribution in [0.15, 0.2) is 0 Å². The molecule has 6 nitrogen and oxygen atoms in total. The monoisotopic (exact) mass is 312 g/mol. The molecule has 1 aliphatic heterocycles. The Morgan fingerprint density at radius 1 is 1.32 bits per heavy atom. The van der Waals surface area contributed by atoms with Crippen LogP contribution in [0.25, 0.3) is 0 Å². The molecule has 1 saturated heterocycles. The number of hydrogen-bond acceptors (Lipinski definition) is 5. The lowest BCUT2D eigenvalue weighted by Crippen LogP contribution is -2.41. The number of methoxy groups -OCH3 is 1. The molecule has 22 heavy (non-hydrogen) atoms. The van der Waals surface area contributed by atoms with Gasteiger partial charge in [-0.2, -0.15) is 0 Å². The first kappa shape index (κ1) is 17.2. The average molecular weight is 312 g/mol. The van der Waals surface area contributed by atoms with E-state index in [1.807, 2.05) is 11.8 Å². The minimum absolute atomic E-state index is 0.188. The Hall–Kier alpha value is -1.14. The molecule has 2 fully saturated rings. The molecule has 0 spiro atoms. The van der Waals surface area contributed by atoms with Crippen molar-refractivity contribution in [1.82, 2.24) is 9.80 Å². The summed E-state index contributed by atoms with van der Waals surface area (Å²) in [4.78, 5) is 28.2. The minimum Gasteiger partial charge on any atom is -0.469 e. The maximum absolute atomic E-state index is 12.4. The third-order valence-electron chi connectivity index (χ3n) is 4.34. The predicted octanol–water partition coefficient (Wildman–Crippen LogP) is 0.756. The largest absolute Gasteiger partial charge is 0.469 e. The van der Waals surface area contributed by atoms with Gasteiger partial charge in [0.05, 0.1) is 26.2 Å². The zero-order chi connectivity index (χ0) is 15.9. The zero-order valence-corrected chi connectivity index (χ0v) is 13.8. The number of nitrogens with zero attached hydrogens (tertiary/aromatic N) is 2. The first-order valence-corrected chi connectivity index (χ1v) is 8.28. The maximum Gasteiger partial charge on any atom is 0.310 e. The molecule has 126 valence electrons. The van der Waals surface area contributed by atoms with E-state index in [4.69, 9.17) is 9.47 Å². The molecule has 0 aromatic heterocycles. The molecule has 6 heteroatoms. The Morgan fingerprint density at radius 2 is 2.00 bits per heavy atom. The first-order valence-electron chi connectivity index (χ1n) is 8.28. The van der Waals surface area contributed by atoms with Crippen molar-refractivity contribution in [3.8, 4) is 0 Å². The molecule has 1 aliphatic carbocycles. The summed E-state index contributed by atoms with van der Waals surface area (Å²) in [7, 11) is 1.39. The molecule has 1 unspecified atom stereocenters. The van der Waals surface area contributed by atoms with E-state index in [2.05, 4.69) is 4.90 Å². The van der Waals surface area contributed by atoms with Gasteiger partial charge in [-0.1, -0.05) is 6.92 Å². The van der Waals surface area contributed by atoms with Crippen molar-refractivity contribution in [2.24, 2.45) is 11.8 Å². The van der Waals surface area contributed by atoms with Crippen LogP contribution in [0.2, 0.25) is 0 Å². The van der Waals surface area contributed by atoms with Crippen molar-refractivity contribution in [1.29, 1.82) is 0 Å². The summed E-state index contributed by atoms with van der Waals surface area (Å²) < 4.78 is 10.1. The number of ether oxygens (including phenoxy) is 2. The molecule has 0 aromatic carbocycles. The Bertz CT molecular complexity index is 378. The van der Waals surface area contributed by atoms with E-state index >= 15 is 0 Å². The topological polar surface area (TPSA) is 59.1 Å². The van der Waals surface area contributed by atoms with E-state index in [9.17, 15) is 9.59 Å². The molecule has 1 saturated carbocycles. The Balaban J connectivity index is 1.78. The van der Waals surface area contributed by atoms with Crippen molar-refractivity contribution in [3.63, 3.8) is 0 Å². The van der Waals surface area contributed by atoms with E-state index in [0.717, 1.165) is 52.1 Å². The van der Waals surface area contributed by atoms with E-state index < -0.39 is 0 Å². The third-order valence-corrected chi connectivity index (χ3v) is 4.34. The van der Waals surface area contributed by atoms with Crippen LogP contribution in [0.4, 0.5) is 0 Å². The standard InChI is InChI=1S/C16H28N2O4/c1-13(16(20)21-2)12-18(15(19)14-4-5-14)7-3-6-17-8-10-22-11-9-17/h13-14H,3-12H2,1-2H3. The van der Waals surface area contributed by atoms with E-state index in [-0.39, 0.29) is 23.7 Å². The number of morpholine rings is 1. The summed E-state index contributed by atoms with van der Waals surface area (Å²) in [5.74, 6) is -0.121. The van der Waals surface area contributed by atoms with Gasteiger partial charge < -0.3 is 14.4 Å². The molecule has 2 rings (SSSR count). The summed E-state index contributed by atoms with van der Waals surface area (Å²) >= 11 is 0. The van der Waals surface area contributed by atoms with Crippen LogP contribution in [0, 0.1) is 11.8 Å². The highest BCUT2D eigenvalue weighted by Crippen LogP contribution is 2.31. The van der Waals surface area contributed by atoms with Crippen LogP contribution in [0.1, 0.15) is 26.2 Å². The zero-order valence-electron chi connectivity index (χ0n) is 13.8. The maximum atomic E-state index is 12.4. The van der Waals surface area contributed by atoms with Crippen LogP contribution >= 0.6 is 0 Å². The van der Waals surface area contributed by atoms with Crippen molar-refractivity contribution in [3.05, 3.63) is 0 Å². The molecule has 1 atom stereocenters. The van der Waals surface area contributed by atoms with Crippen molar-refractivity contribution in [2.45, 2.75) is 26.2 Å². The van der Waals surface area contributed by atoms with Crippen LogP contribution < -0.4 is 0 Å². The third kappa shape index (κ3) is 5.25. The van der Waals surface area contributed by atoms with Crippen molar-refractivity contribution < 1.29 is 19.1 Å². The fraction of sp³-hybridized carbons (Fsp3) is 0.875. The molecule has 1 heterocycles. The van der Waals surface area contributed by atoms with Gasteiger partial charge in [-0.05, 0) is 19.3 Å². The number of rotatable bonds is 8. The number of carbonyl (C=O) groups is 2. The second kappa shape index (κ2) is 8.48. The van der Waals surface area contributed by atoms with Crippen molar-refractivity contribution in [2.75, 3.05) is 53.0 Å². The fourth-order valence-electron chi connectivity index (χ4n) is 2.80. The molecular weight excluding hydrogens is 284 g/mol. The second-order valence-corrected chi connectivity index (χ2v) is 6.29. The fourth-order valence-corrected chi connectivity index (χ4v) is 2.80. The summed E-state index contributed by atoms with van der Waals surface area (Å²) in [6.45, 7) is 7.50. The van der Waals surface area contributed by atoms with Gasteiger partial charge in [-0.15, -0.1) is 0 Å². The lowest BCUT2D eigenvalue weighted by atomic mass is 10.1. The van der Waals surface area contributed by atoms with Crippen molar-refractivity contribution >= 4 is 11.9 Å². The smallest absolute Gasteiger partial charge is 0.310 e. The van der Waals surface area contributed by atoms with Gasteiger partial charge in [0.15, 0.2) is 0 Å². The molecular formula is C16H28N2O4. The summed E-state index contributed by atoms with van der Waals surface area (Å²) in [6, 6.07) is 0. The Labute approximate surface area is 132 Å². The van der Waals surface area contributed by atoms with E-state index in [0.29, 0.717) is 13.1 Å². The molecule has 0 bridgehead atoms. The van der Waals surface area contributed by atoms with Crippen LogP contribution in [-0.4, -0.2) is 74.7 Å². The lowest BCUT2D eigenvalue weighted by molar-refractivity contribution is -0.146. The predicted molar refractivity (Wildman–Crippen MR) is 82.4 cm³/mol. The number of hydrogen-bond donors (Lipinski definition) is 0. The average Bonchev–Trinajstić information content (AvgIpc) is 3.38. The highest BCUT2D eigenvalue weighted by atomic mass is 16.5. The normalized spacial score (nSPS) is 20.5. The molecule has 2 aliphatic rings. The SMILES string of the molecule is COC(=O)C(C)CN(CCCN1CCOCC1)C(=O)C1CC1. The van der Waals surface area contributed by atoms with Crippen LogP contribution in [0.3, 0.4) is 0 Å². The van der Waals surface area contributed by atoms with Crippen LogP contribution in [0.5, 0.6) is 0 Å². The highest BCUT2D eigenvalue weighted by Gasteiger charge is 2.34. The summed E-state index contributed by atoms with van der Waals surface area (Å²) in [5, 5.41) is 0. The van der Waals surface area contributed by atoms with Gasteiger partial charge in [-0.3, -0.25) is 14.5 Å². The van der Waals surface area contributed by atoms with Gasteiger partial charge in [-0.25, -0.2) is 0 Å². The van der Waals surface area contributed by atoms with Gasteiger partial charge in [0.25, 0.3) is 0 Å². The quantitative estimate of drug-likeness (QED) is 0.619. The van der Waals surface area contributed by atoms with Gasteiger partial charge in [0, 0.05) is 38.6 Å². The molecule has 0 radical (unpaired) electrons. The van der Waals surface area contributed by atoms with Gasteiger partial charge in [0.1, 0.15) is 0 Å². The number of carbonyl (C=O) groups excluding carboxylic acids is 2. The Kier molecular flexibility index (Phi) is 6.64. The first-order chi connectivity index (χ1) is 10.6. The van der Waals surface area contributed by atoms with Gasteiger partial charge >= 0.3 is 5.97 Å². The molecule has 1 amide bonds.